The summed E-state index contributed by atoms with van der Waals surface area (Å²) in [4.78, 5) is 11.4. The summed E-state index contributed by atoms with van der Waals surface area (Å²) in [7, 11) is 0. The van der Waals surface area contributed by atoms with Crippen LogP contribution in [0.2, 0.25) is 0 Å². The molecule has 16 heavy (non-hydrogen) atoms. The average Bonchev–Trinajstić information content (AvgIpc) is 2.59. The van der Waals surface area contributed by atoms with Gasteiger partial charge in [0.2, 0.25) is 0 Å². The Morgan fingerprint density at radius 1 is 1.44 bits per heavy atom. The number of aromatic nitrogens is 3. The van der Waals surface area contributed by atoms with Gasteiger partial charge < -0.3 is 16.0 Å². The molecule has 0 unspecified atom stereocenters. The number of nitrogens with one attached hydrogen (secondary N) is 2. The Kier molecular flexibility index (Phi) is 3.05. The summed E-state index contributed by atoms with van der Waals surface area (Å²) < 4.78 is 0. The summed E-state index contributed by atoms with van der Waals surface area (Å²) in [5.74, 6) is 2.12. The van der Waals surface area contributed by atoms with Gasteiger partial charge in [-0.1, -0.05) is 6.07 Å². The van der Waals surface area contributed by atoms with E-state index < -0.39 is 0 Å². The molecule has 2 heterocycles. The Balaban J connectivity index is 1.87. The summed E-state index contributed by atoms with van der Waals surface area (Å²) in [6.07, 6.45) is 2.65. The lowest BCUT2D eigenvalue weighted by Gasteiger charge is -2.03. The van der Waals surface area contributed by atoms with Gasteiger partial charge in [-0.25, -0.2) is 4.98 Å². The number of hydrogen-bond acceptors (Lipinski definition) is 4. The molecule has 0 saturated heterocycles. The lowest BCUT2D eigenvalue weighted by Crippen LogP contribution is -2.07. The van der Waals surface area contributed by atoms with Crippen molar-refractivity contribution in [2.45, 2.75) is 13.3 Å². The van der Waals surface area contributed by atoms with Gasteiger partial charge in [0.25, 0.3) is 0 Å². The summed E-state index contributed by atoms with van der Waals surface area (Å²) in [6.45, 7) is 2.64. The van der Waals surface area contributed by atoms with E-state index in [9.17, 15) is 0 Å². The number of H-pyrrole nitrogens is 1. The Bertz CT molecular complexity index is 449. The zero-order valence-electron chi connectivity index (χ0n) is 9.20. The summed E-state index contributed by atoms with van der Waals surface area (Å²) in [5, 5.41) is 3.17. The van der Waals surface area contributed by atoms with E-state index in [2.05, 4.69) is 20.3 Å². The molecule has 0 fully saturated rings. The number of rotatable bonds is 4. The van der Waals surface area contributed by atoms with E-state index in [-0.39, 0.29) is 0 Å². The number of nitrogens with zero attached hydrogens (tertiary/aromatic N) is 2. The zero-order valence-corrected chi connectivity index (χ0v) is 9.20. The molecule has 5 heteroatoms. The highest BCUT2D eigenvalue weighted by molar-refractivity contribution is 5.56. The van der Waals surface area contributed by atoms with Gasteiger partial charge >= 0.3 is 0 Å². The van der Waals surface area contributed by atoms with E-state index in [1.54, 1.807) is 6.20 Å². The van der Waals surface area contributed by atoms with Gasteiger partial charge in [-0.05, 0) is 19.1 Å². The van der Waals surface area contributed by atoms with Crippen molar-refractivity contribution < 1.29 is 0 Å². The highest BCUT2D eigenvalue weighted by Crippen LogP contribution is 2.13. The predicted molar refractivity (Wildman–Crippen MR) is 64.2 cm³/mol. The molecule has 0 spiro atoms. The van der Waals surface area contributed by atoms with Crippen LogP contribution in [0.5, 0.6) is 0 Å². The molecule has 2 aromatic heterocycles. The second-order valence-electron chi connectivity index (χ2n) is 3.58. The second kappa shape index (κ2) is 4.65. The summed E-state index contributed by atoms with van der Waals surface area (Å²) in [5.41, 5.74) is 6.78. The van der Waals surface area contributed by atoms with Gasteiger partial charge in [0.1, 0.15) is 11.6 Å². The SMILES string of the molecule is Cc1nc(NCCc2ccccn2)c(N)[nH]1. The van der Waals surface area contributed by atoms with Crippen LogP contribution in [0.1, 0.15) is 11.5 Å². The third-order valence-corrected chi connectivity index (χ3v) is 2.25. The van der Waals surface area contributed by atoms with Gasteiger partial charge in [-0.15, -0.1) is 0 Å². The van der Waals surface area contributed by atoms with E-state index in [1.165, 1.54) is 0 Å². The van der Waals surface area contributed by atoms with Crippen molar-refractivity contribution in [2.75, 3.05) is 17.6 Å². The first-order valence-corrected chi connectivity index (χ1v) is 5.21. The summed E-state index contributed by atoms with van der Waals surface area (Å²) in [6, 6.07) is 5.89. The highest BCUT2D eigenvalue weighted by atomic mass is 15.1. The molecule has 0 saturated carbocycles. The number of imidazole rings is 1. The maximum atomic E-state index is 5.72. The molecule has 0 radical (unpaired) electrons. The van der Waals surface area contributed by atoms with Gasteiger partial charge in [-0.3, -0.25) is 4.98 Å². The molecule has 0 aliphatic heterocycles. The van der Waals surface area contributed by atoms with Crippen molar-refractivity contribution in [2.24, 2.45) is 0 Å². The number of nitrogen functional groups attached to an aromatic ring is 1. The standard InChI is InChI=1S/C11H15N5/c1-8-15-10(12)11(16-8)14-7-5-9-4-2-3-6-13-9/h2-4,6,14H,5,7,12H2,1H3,(H,15,16). The fourth-order valence-electron chi connectivity index (χ4n) is 1.50. The van der Waals surface area contributed by atoms with Crippen molar-refractivity contribution >= 4 is 11.6 Å². The minimum atomic E-state index is 0.582. The molecule has 0 amide bonds. The monoisotopic (exact) mass is 217 g/mol. The van der Waals surface area contributed by atoms with Crippen molar-refractivity contribution in [3.63, 3.8) is 0 Å². The van der Waals surface area contributed by atoms with Gasteiger partial charge in [0.15, 0.2) is 5.82 Å². The first-order valence-electron chi connectivity index (χ1n) is 5.21. The fraction of sp³-hybridized carbons (Fsp3) is 0.273. The van der Waals surface area contributed by atoms with Crippen molar-refractivity contribution in [3.05, 3.63) is 35.9 Å². The lowest BCUT2D eigenvalue weighted by atomic mass is 10.3. The number of hydrogen-bond donors (Lipinski definition) is 3. The third-order valence-electron chi connectivity index (χ3n) is 2.25. The number of pyridine rings is 1. The first kappa shape index (κ1) is 10.5. The van der Waals surface area contributed by atoms with Crippen molar-refractivity contribution in [1.29, 1.82) is 0 Å². The van der Waals surface area contributed by atoms with E-state index >= 15 is 0 Å². The molecule has 2 aromatic rings. The van der Waals surface area contributed by atoms with Crippen LogP contribution < -0.4 is 11.1 Å². The highest BCUT2D eigenvalue weighted by Gasteiger charge is 2.03. The molecule has 0 aliphatic carbocycles. The number of aromatic amines is 1. The van der Waals surface area contributed by atoms with Crippen molar-refractivity contribution in [1.82, 2.24) is 15.0 Å². The van der Waals surface area contributed by atoms with E-state index in [1.807, 2.05) is 25.1 Å². The Labute approximate surface area is 94.1 Å². The molecule has 4 N–H and O–H groups in total. The lowest BCUT2D eigenvalue weighted by molar-refractivity contribution is 0.955. The molecular weight excluding hydrogens is 202 g/mol. The van der Waals surface area contributed by atoms with Crippen molar-refractivity contribution in [3.8, 4) is 0 Å². The smallest absolute Gasteiger partial charge is 0.168 e. The Hall–Kier alpha value is -2.04. The van der Waals surface area contributed by atoms with Crippen LogP contribution in [-0.4, -0.2) is 21.5 Å². The molecule has 0 atom stereocenters. The third kappa shape index (κ3) is 2.50. The molecule has 5 nitrogen and oxygen atoms in total. The maximum Gasteiger partial charge on any atom is 0.168 e. The Morgan fingerprint density at radius 3 is 2.94 bits per heavy atom. The molecule has 0 aliphatic rings. The molecule has 2 rings (SSSR count). The zero-order chi connectivity index (χ0) is 11.4. The molecule has 0 aromatic carbocycles. The minimum Gasteiger partial charge on any atom is -0.382 e. The van der Waals surface area contributed by atoms with Crippen LogP contribution in [0.25, 0.3) is 0 Å². The van der Waals surface area contributed by atoms with Gasteiger partial charge in [-0.2, -0.15) is 0 Å². The minimum absolute atomic E-state index is 0.582. The number of anilines is 2. The van der Waals surface area contributed by atoms with Crippen LogP contribution >= 0.6 is 0 Å². The second-order valence-corrected chi connectivity index (χ2v) is 3.58. The largest absolute Gasteiger partial charge is 0.382 e. The fourth-order valence-corrected chi connectivity index (χ4v) is 1.50. The first-order chi connectivity index (χ1) is 7.75. The topological polar surface area (TPSA) is 79.6 Å². The van der Waals surface area contributed by atoms with E-state index in [0.717, 1.165) is 24.5 Å². The van der Waals surface area contributed by atoms with Crippen LogP contribution in [-0.2, 0) is 6.42 Å². The van der Waals surface area contributed by atoms with E-state index in [0.29, 0.717) is 11.6 Å². The molecule has 0 bridgehead atoms. The Morgan fingerprint density at radius 2 is 2.31 bits per heavy atom. The summed E-state index contributed by atoms with van der Waals surface area (Å²) >= 11 is 0. The van der Waals surface area contributed by atoms with Gasteiger partial charge in [0, 0.05) is 24.9 Å². The van der Waals surface area contributed by atoms with E-state index in [4.69, 9.17) is 5.73 Å². The number of aryl methyl sites for hydroxylation is 1. The molecular formula is C11H15N5. The average molecular weight is 217 g/mol. The predicted octanol–water partition coefficient (Wildman–Crippen LogP) is 1.35. The molecule has 84 valence electrons. The van der Waals surface area contributed by atoms with Gasteiger partial charge in [0.05, 0.1) is 0 Å². The van der Waals surface area contributed by atoms with Crippen LogP contribution in [0.15, 0.2) is 24.4 Å². The normalized spacial score (nSPS) is 10.3. The van der Waals surface area contributed by atoms with Crippen LogP contribution in [0.4, 0.5) is 11.6 Å². The quantitative estimate of drug-likeness (QED) is 0.722. The number of nitrogens with two attached hydrogens (primary N) is 1. The maximum absolute atomic E-state index is 5.72. The van der Waals surface area contributed by atoms with Crippen LogP contribution in [0.3, 0.4) is 0 Å². The van der Waals surface area contributed by atoms with Crippen LogP contribution in [0, 0.1) is 6.92 Å².